The number of hydrogen-bond donors (Lipinski definition) is 1. The number of amides is 1. The van der Waals surface area contributed by atoms with E-state index in [-0.39, 0.29) is 19.0 Å². The first kappa shape index (κ1) is 14.3. The number of carboxylic acids is 1. The third-order valence-corrected chi connectivity index (χ3v) is 3.79. The molecule has 108 valence electrons. The summed E-state index contributed by atoms with van der Waals surface area (Å²) in [7, 11) is 2.05. The van der Waals surface area contributed by atoms with Crippen molar-refractivity contribution in [3.05, 3.63) is 0 Å². The topological polar surface area (TPSA) is 64.1 Å². The minimum atomic E-state index is -0.855. The zero-order chi connectivity index (χ0) is 13.8. The van der Waals surface area contributed by atoms with Crippen LogP contribution in [0.2, 0.25) is 0 Å². The summed E-state index contributed by atoms with van der Waals surface area (Å²) in [6, 6.07) is 0. The van der Waals surface area contributed by atoms with E-state index in [1.165, 1.54) is 12.8 Å². The van der Waals surface area contributed by atoms with Crippen molar-refractivity contribution >= 4 is 11.9 Å². The zero-order valence-electron chi connectivity index (χ0n) is 11.5. The number of hydrogen-bond acceptors (Lipinski definition) is 4. The van der Waals surface area contributed by atoms with E-state index >= 15 is 0 Å². The van der Waals surface area contributed by atoms with Gasteiger partial charge in [0, 0.05) is 32.7 Å². The van der Waals surface area contributed by atoms with Gasteiger partial charge in [0.25, 0.3) is 0 Å². The number of likely N-dealkylation sites (N-methyl/N-ethyl adjacent to an activating group) is 1. The SMILES string of the molecule is CN1CCN(C(=O)CN(CC(=O)O)CC2CC2)CC1. The first-order valence-corrected chi connectivity index (χ1v) is 6.95. The van der Waals surface area contributed by atoms with Gasteiger partial charge in [0.1, 0.15) is 0 Å². The minimum Gasteiger partial charge on any atom is -0.480 e. The summed E-state index contributed by atoms with van der Waals surface area (Å²) in [5, 5.41) is 8.90. The second kappa shape index (κ2) is 6.34. The van der Waals surface area contributed by atoms with Crippen molar-refractivity contribution in [3.8, 4) is 0 Å². The van der Waals surface area contributed by atoms with Crippen LogP contribution < -0.4 is 0 Å². The van der Waals surface area contributed by atoms with Crippen molar-refractivity contribution in [2.45, 2.75) is 12.8 Å². The Balaban J connectivity index is 1.81. The van der Waals surface area contributed by atoms with Gasteiger partial charge in [0.2, 0.25) is 5.91 Å². The smallest absolute Gasteiger partial charge is 0.317 e. The summed E-state index contributed by atoms with van der Waals surface area (Å²) in [6.07, 6.45) is 2.33. The van der Waals surface area contributed by atoms with E-state index in [9.17, 15) is 9.59 Å². The number of carbonyl (C=O) groups excluding carboxylic acids is 1. The van der Waals surface area contributed by atoms with Crippen molar-refractivity contribution in [3.63, 3.8) is 0 Å². The summed E-state index contributed by atoms with van der Waals surface area (Å²) in [6.45, 7) is 4.24. The highest BCUT2D eigenvalue weighted by Gasteiger charge is 2.28. The van der Waals surface area contributed by atoms with Crippen LogP contribution >= 0.6 is 0 Å². The van der Waals surface area contributed by atoms with Crippen LogP contribution in [0.3, 0.4) is 0 Å². The summed E-state index contributed by atoms with van der Waals surface area (Å²) >= 11 is 0. The van der Waals surface area contributed by atoms with Crippen LogP contribution in [0.15, 0.2) is 0 Å². The fourth-order valence-electron chi connectivity index (χ4n) is 2.39. The highest BCUT2D eigenvalue weighted by atomic mass is 16.4. The molecule has 0 radical (unpaired) electrons. The van der Waals surface area contributed by atoms with Crippen LogP contribution in [0, 0.1) is 5.92 Å². The van der Waals surface area contributed by atoms with E-state index in [1.54, 1.807) is 4.90 Å². The molecular formula is C13H23N3O3. The maximum Gasteiger partial charge on any atom is 0.317 e. The number of rotatable bonds is 6. The molecule has 0 aromatic heterocycles. The van der Waals surface area contributed by atoms with Crippen LogP contribution in [0.25, 0.3) is 0 Å². The number of carbonyl (C=O) groups is 2. The van der Waals surface area contributed by atoms with E-state index in [0.717, 1.165) is 32.7 Å². The molecule has 2 rings (SSSR count). The van der Waals surface area contributed by atoms with Gasteiger partial charge in [0.05, 0.1) is 13.1 Å². The highest BCUT2D eigenvalue weighted by Crippen LogP contribution is 2.29. The Morgan fingerprint density at radius 1 is 1.16 bits per heavy atom. The molecule has 0 aromatic rings. The third-order valence-electron chi connectivity index (χ3n) is 3.79. The van der Waals surface area contributed by atoms with Crippen LogP contribution in [-0.4, -0.2) is 84.5 Å². The molecule has 1 saturated carbocycles. The van der Waals surface area contributed by atoms with Gasteiger partial charge in [0.15, 0.2) is 0 Å². The Labute approximate surface area is 114 Å². The van der Waals surface area contributed by atoms with Gasteiger partial charge in [-0.3, -0.25) is 14.5 Å². The van der Waals surface area contributed by atoms with Crippen molar-refractivity contribution in [1.29, 1.82) is 0 Å². The van der Waals surface area contributed by atoms with E-state index in [2.05, 4.69) is 4.90 Å². The number of piperazine rings is 1. The van der Waals surface area contributed by atoms with E-state index in [4.69, 9.17) is 5.11 Å². The van der Waals surface area contributed by atoms with Crippen LogP contribution in [0.5, 0.6) is 0 Å². The molecule has 0 bridgehead atoms. The maximum atomic E-state index is 12.2. The Morgan fingerprint density at radius 3 is 2.32 bits per heavy atom. The molecular weight excluding hydrogens is 246 g/mol. The molecule has 1 N–H and O–H groups in total. The van der Waals surface area contributed by atoms with Crippen molar-refractivity contribution in [2.75, 3.05) is 52.9 Å². The van der Waals surface area contributed by atoms with Gasteiger partial charge >= 0.3 is 5.97 Å². The van der Waals surface area contributed by atoms with Gasteiger partial charge < -0.3 is 14.9 Å². The average Bonchev–Trinajstić information content (AvgIpc) is 3.12. The molecule has 1 saturated heterocycles. The maximum absolute atomic E-state index is 12.2. The highest BCUT2D eigenvalue weighted by molar-refractivity contribution is 5.79. The van der Waals surface area contributed by atoms with Gasteiger partial charge in [-0.15, -0.1) is 0 Å². The van der Waals surface area contributed by atoms with Crippen molar-refractivity contribution < 1.29 is 14.7 Å². The largest absolute Gasteiger partial charge is 0.480 e. The normalized spacial score (nSPS) is 20.8. The minimum absolute atomic E-state index is 0.0318. The van der Waals surface area contributed by atoms with E-state index in [1.807, 2.05) is 11.9 Å². The van der Waals surface area contributed by atoms with Crippen LogP contribution in [0.4, 0.5) is 0 Å². The standard InChI is InChI=1S/C13H23N3O3/c1-14-4-6-16(7-5-14)12(17)9-15(10-13(18)19)8-11-2-3-11/h11H,2-10H2,1H3,(H,18,19). The van der Waals surface area contributed by atoms with Gasteiger partial charge in [-0.2, -0.15) is 0 Å². The fourth-order valence-corrected chi connectivity index (χ4v) is 2.39. The molecule has 1 amide bonds. The molecule has 0 aromatic carbocycles. The monoisotopic (exact) mass is 269 g/mol. The number of carboxylic acid groups (broad SMARTS) is 1. The molecule has 1 aliphatic carbocycles. The second-order valence-corrected chi connectivity index (χ2v) is 5.69. The number of nitrogens with zero attached hydrogens (tertiary/aromatic N) is 3. The lowest BCUT2D eigenvalue weighted by Crippen LogP contribution is -2.50. The summed E-state index contributed by atoms with van der Waals surface area (Å²) in [4.78, 5) is 28.8. The third kappa shape index (κ3) is 4.80. The quantitative estimate of drug-likeness (QED) is 0.708. The molecule has 6 nitrogen and oxygen atoms in total. The first-order chi connectivity index (χ1) is 9.04. The van der Waals surface area contributed by atoms with Gasteiger partial charge in [-0.05, 0) is 25.8 Å². The number of aliphatic carboxylic acids is 1. The lowest BCUT2D eigenvalue weighted by Gasteiger charge is -2.33. The fraction of sp³-hybridized carbons (Fsp3) is 0.846. The van der Waals surface area contributed by atoms with Crippen molar-refractivity contribution in [1.82, 2.24) is 14.7 Å². The van der Waals surface area contributed by atoms with Crippen molar-refractivity contribution in [2.24, 2.45) is 5.92 Å². The predicted octanol–water partition coefficient (Wildman–Crippen LogP) is -0.443. The van der Waals surface area contributed by atoms with Crippen LogP contribution in [-0.2, 0) is 9.59 Å². The van der Waals surface area contributed by atoms with E-state index < -0.39 is 5.97 Å². The Kier molecular flexibility index (Phi) is 4.76. The molecule has 19 heavy (non-hydrogen) atoms. The predicted molar refractivity (Wildman–Crippen MR) is 70.9 cm³/mol. The molecule has 1 aliphatic heterocycles. The van der Waals surface area contributed by atoms with Gasteiger partial charge in [-0.25, -0.2) is 0 Å². The molecule has 0 atom stereocenters. The van der Waals surface area contributed by atoms with E-state index in [0.29, 0.717) is 5.92 Å². The molecule has 1 heterocycles. The average molecular weight is 269 g/mol. The molecule has 6 heteroatoms. The first-order valence-electron chi connectivity index (χ1n) is 6.95. The molecule has 2 aliphatic rings. The lowest BCUT2D eigenvalue weighted by atomic mass is 10.3. The summed E-state index contributed by atoms with van der Waals surface area (Å²) < 4.78 is 0. The second-order valence-electron chi connectivity index (χ2n) is 5.69. The molecule has 2 fully saturated rings. The molecule has 0 spiro atoms. The summed E-state index contributed by atoms with van der Waals surface area (Å²) in [5.41, 5.74) is 0. The lowest BCUT2D eigenvalue weighted by molar-refractivity contribution is -0.140. The Morgan fingerprint density at radius 2 is 1.79 bits per heavy atom. The Hall–Kier alpha value is -1.14. The molecule has 0 unspecified atom stereocenters. The van der Waals surface area contributed by atoms with Gasteiger partial charge in [-0.1, -0.05) is 0 Å². The zero-order valence-corrected chi connectivity index (χ0v) is 11.5. The Bertz CT molecular complexity index is 336. The summed E-state index contributed by atoms with van der Waals surface area (Å²) in [5.74, 6) is -0.193. The van der Waals surface area contributed by atoms with Crippen LogP contribution in [0.1, 0.15) is 12.8 Å².